The number of halogens is 1. The van der Waals surface area contributed by atoms with Crippen molar-refractivity contribution in [1.82, 2.24) is 10.2 Å². The maximum Gasteiger partial charge on any atom is 0.244 e. The summed E-state index contributed by atoms with van der Waals surface area (Å²) in [6.07, 6.45) is 1.36. The van der Waals surface area contributed by atoms with Gasteiger partial charge in [-0.3, -0.25) is 13.9 Å². The van der Waals surface area contributed by atoms with E-state index in [2.05, 4.69) is 21.2 Å². The van der Waals surface area contributed by atoms with Gasteiger partial charge in [0.15, 0.2) is 0 Å². The minimum atomic E-state index is -3.79. The van der Waals surface area contributed by atoms with Gasteiger partial charge in [-0.1, -0.05) is 70.5 Å². The number of anilines is 1. The van der Waals surface area contributed by atoms with Crippen molar-refractivity contribution in [2.75, 3.05) is 17.1 Å². The molecule has 0 aliphatic carbocycles. The van der Waals surface area contributed by atoms with E-state index in [1.165, 1.54) is 4.90 Å². The van der Waals surface area contributed by atoms with Gasteiger partial charge < -0.3 is 10.2 Å². The van der Waals surface area contributed by atoms with Crippen molar-refractivity contribution in [3.05, 3.63) is 100 Å². The summed E-state index contributed by atoms with van der Waals surface area (Å²) in [5, 5.41) is 2.95. The van der Waals surface area contributed by atoms with E-state index in [0.717, 1.165) is 31.7 Å². The fourth-order valence-electron chi connectivity index (χ4n) is 4.13. The molecule has 38 heavy (non-hydrogen) atoms. The van der Waals surface area contributed by atoms with Crippen LogP contribution in [-0.2, 0) is 32.6 Å². The zero-order valence-electron chi connectivity index (χ0n) is 22.1. The van der Waals surface area contributed by atoms with Crippen molar-refractivity contribution in [3.8, 4) is 0 Å². The number of nitrogens with zero attached hydrogens (tertiary/aromatic N) is 2. The highest BCUT2D eigenvalue weighted by Crippen LogP contribution is 2.23. The Labute approximate surface area is 234 Å². The van der Waals surface area contributed by atoms with Crippen molar-refractivity contribution >= 4 is 43.5 Å². The van der Waals surface area contributed by atoms with Crippen LogP contribution in [0.5, 0.6) is 0 Å². The fourth-order valence-corrected chi connectivity index (χ4v) is 5.24. The molecule has 3 aromatic rings. The molecule has 0 bridgehead atoms. The first-order valence-corrected chi connectivity index (χ1v) is 15.0. The molecule has 0 spiro atoms. The van der Waals surface area contributed by atoms with Gasteiger partial charge in [0, 0.05) is 23.5 Å². The van der Waals surface area contributed by atoms with E-state index in [4.69, 9.17) is 0 Å². The molecule has 0 fully saturated rings. The number of amides is 2. The maximum absolute atomic E-state index is 14.0. The summed E-state index contributed by atoms with van der Waals surface area (Å²) in [6.45, 7) is 5.40. The van der Waals surface area contributed by atoms with Crippen LogP contribution in [0.4, 0.5) is 5.69 Å². The minimum absolute atomic E-state index is 0.133. The standard InChI is InChI=1S/C29H34BrN3O4S/c1-21(2)31-29(35)27(18-23-11-6-5-7-12-23)32(19-24-13-9-8-10-22(24)3)28(34)20-33(38(4,36)37)26-16-14-25(30)15-17-26/h5-17,21,27H,18-20H2,1-4H3,(H,31,35). The smallest absolute Gasteiger partial charge is 0.244 e. The number of aryl methyl sites for hydroxylation is 1. The van der Waals surface area contributed by atoms with Crippen molar-refractivity contribution in [3.63, 3.8) is 0 Å². The average Bonchev–Trinajstić information content (AvgIpc) is 2.85. The lowest BCUT2D eigenvalue weighted by Gasteiger charge is -2.34. The first kappa shape index (κ1) is 29.4. The van der Waals surface area contributed by atoms with Gasteiger partial charge in [-0.2, -0.15) is 0 Å². The Balaban J connectivity index is 2.06. The zero-order chi connectivity index (χ0) is 27.9. The third-order valence-electron chi connectivity index (χ3n) is 6.10. The number of hydrogen-bond acceptors (Lipinski definition) is 4. The summed E-state index contributed by atoms with van der Waals surface area (Å²) in [7, 11) is -3.79. The fraction of sp³-hybridized carbons (Fsp3) is 0.310. The topological polar surface area (TPSA) is 86.8 Å². The van der Waals surface area contributed by atoms with Crippen LogP contribution >= 0.6 is 15.9 Å². The van der Waals surface area contributed by atoms with Crippen LogP contribution in [0.15, 0.2) is 83.3 Å². The summed E-state index contributed by atoms with van der Waals surface area (Å²) in [5.41, 5.74) is 3.12. The van der Waals surface area contributed by atoms with Gasteiger partial charge in [0.25, 0.3) is 0 Å². The Morgan fingerprint density at radius 3 is 2.11 bits per heavy atom. The highest BCUT2D eigenvalue weighted by Gasteiger charge is 2.33. The Morgan fingerprint density at radius 2 is 1.53 bits per heavy atom. The number of rotatable bonds is 11. The summed E-state index contributed by atoms with van der Waals surface area (Å²) in [6, 6.07) is 22.9. The number of hydrogen-bond donors (Lipinski definition) is 1. The van der Waals surface area contributed by atoms with E-state index in [9.17, 15) is 18.0 Å². The van der Waals surface area contributed by atoms with Crippen LogP contribution in [0.1, 0.15) is 30.5 Å². The number of sulfonamides is 1. The van der Waals surface area contributed by atoms with Gasteiger partial charge in [0.2, 0.25) is 21.8 Å². The van der Waals surface area contributed by atoms with Crippen molar-refractivity contribution in [2.45, 2.75) is 45.8 Å². The molecule has 1 unspecified atom stereocenters. The molecular weight excluding hydrogens is 566 g/mol. The molecule has 0 heterocycles. The van der Waals surface area contributed by atoms with Gasteiger partial charge in [0.1, 0.15) is 12.6 Å². The Kier molecular flexibility index (Phi) is 10.1. The number of nitrogens with one attached hydrogen (secondary N) is 1. The molecule has 9 heteroatoms. The molecule has 202 valence electrons. The molecule has 2 amide bonds. The highest BCUT2D eigenvalue weighted by atomic mass is 79.9. The molecule has 0 saturated carbocycles. The van der Waals surface area contributed by atoms with Gasteiger partial charge in [-0.15, -0.1) is 0 Å². The van der Waals surface area contributed by atoms with Crippen LogP contribution in [0.25, 0.3) is 0 Å². The second-order valence-corrected chi connectivity index (χ2v) is 12.4. The largest absolute Gasteiger partial charge is 0.352 e. The first-order chi connectivity index (χ1) is 18.0. The molecule has 0 aliphatic heterocycles. The lowest BCUT2D eigenvalue weighted by atomic mass is 10.0. The summed E-state index contributed by atoms with van der Waals surface area (Å²) in [5.74, 6) is -0.762. The second kappa shape index (κ2) is 13.1. The third-order valence-corrected chi connectivity index (χ3v) is 7.77. The molecule has 1 atom stereocenters. The van der Waals surface area contributed by atoms with Crippen LogP contribution in [-0.4, -0.2) is 50.0 Å². The minimum Gasteiger partial charge on any atom is -0.352 e. The number of carbonyl (C=O) groups excluding carboxylic acids is 2. The first-order valence-electron chi connectivity index (χ1n) is 12.4. The van der Waals surface area contributed by atoms with E-state index in [1.807, 2.05) is 75.4 Å². The summed E-state index contributed by atoms with van der Waals surface area (Å²) < 4.78 is 27.4. The van der Waals surface area contributed by atoms with E-state index < -0.39 is 28.5 Å². The zero-order valence-corrected chi connectivity index (χ0v) is 24.5. The molecule has 0 aliphatic rings. The van der Waals surface area contributed by atoms with E-state index >= 15 is 0 Å². The predicted octanol–water partition coefficient (Wildman–Crippen LogP) is 4.69. The quantitative estimate of drug-likeness (QED) is 0.346. The van der Waals surface area contributed by atoms with Crippen molar-refractivity contribution in [1.29, 1.82) is 0 Å². The normalized spacial score (nSPS) is 12.2. The van der Waals surface area contributed by atoms with E-state index in [1.54, 1.807) is 24.3 Å². The Bertz CT molecular complexity index is 1350. The lowest BCUT2D eigenvalue weighted by Crippen LogP contribution is -2.54. The second-order valence-electron chi connectivity index (χ2n) is 9.56. The number of benzene rings is 3. The lowest BCUT2D eigenvalue weighted by molar-refractivity contribution is -0.140. The molecular formula is C29H34BrN3O4S. The van der Waals surface area contributed by atoms with Crippen LogP contribution in [0, 0.1) is 6.92 Å². The summed E-state index contributed by atoms with van der Waals surface area (Å²) in [4.78, 5) is 29.0. The van der Waals surface area contributed by atoms with E-state index in [0.29, 0.717) is 5.69 Å². The maximum atomic E-state index is 14.0. The number of carbonyl (C=O) groups is 2. The van der Waals surface area contributed by atoms with E-state index in [-0.39, 0.29) is 24.9 Å². The summed E-state index contributed by atoms with van der Waals surface area (Å²) >= 11 is 3.36. The van der Waals surface area contributed by atoms with Crippen LogP contribution in [0.2, 0.25) is 0 Å². The average molecular weight is 601 g/mol. The molecule has 1 N–H and O–H groups in total. The molecule has 7 nitrogen and oxygen atoms in total. The molecule has 0 aromatic heterocycles. The SMILES string of the molecule is Cc1ccccc1CN(C(=O)CN(c1ccc(Br)cc1)S(C)(=O)=O)C(Cc1ccccc1)C(=O)NC(C)C. The molecule has 3 aromatic carbocycles. The predicted molar refractivity (Wildman–Crippen MR) is 155 cm³/mol. The highest BCUT2D eigenvalue weighted by molar-refractivity contribution is 9.10. The van der Waals surface area contributed by atoms with Gasteiger partial charge in [-0.25, -0.2) is 8.42 Å². The van der Waals surface area contributed by atoms with Crippen LogP contribution in [0.3, 0.4) is 0 Å². The monoisotopic (exact) mass is 599 g/mol. The van der Waals surface area contributed by atoms with Gasteiger partial charge in [0.05, 0.1) is 11.9 Å². The van der Waals surface area contributed by atoms with Crippen molar-refractivity contribution in [2.24, 2.45) is 0 Å². The Morgan fingerprint density at radius 1 is 0.921 bits per heavy atom. The molecule has 3 rings (SSSR count). The third kappa shape index (κ3) is 8.16. The van der Waals surface area contributed by atoms with Gasteiger partial charge in [-0.05, 0) is 61.7 Å². The molecule has 0 radical (unpaired) electrons. The van der Waals surface area contributed by atoms with Crippen molar-refractivity contribution < 1.29 is 18.0 Å². The molecule has 0 saturated heterocycles. The Hall–Kier alpha value is -3.17. The van der Waals surface area contributed by atoms with Crippen LogP contribution < -0.4 is 9.62 Å². The van der Waals surface area contributed by atoms with Gasteiger partial charge >= 0.3 is 0 Å².